The molecule has 1 aliphatic heterocycles. The molecular formula is C16H23N5. The Morgan fingerprint density at radius 3 is 2.76 bits per heavy atom. The molecule has 1 N–H and O–H groups in total. The van der Waals surface area contributed by atoms with Crippen LogP contribution >= 0.6 is 0 Å². The van der Waals surface area contributed by atoms with Crippen molar-refractivity contribution in [3.63, 3.8) is 0 Å². The Labute approximate surface area is 126 Å². The molecule has 0 aliphatic carbocycles. The van der Waals surface area contributed by atoms with E-state index in [1.54, 1.807) is 12.7 Å². The standard InChI is InChI=1S/C16H23N5/c1-13-9-16(7-8-20(13)2)19-15-5-3-14(4-6-15)10-21-12-17-11-18-21/h3-6,11-13,16,19H,7-10H2,1-2H3. The van der Waals surface area contributed by atoms with Crippen LogP contribution in [0.25, 0.3) is 0 Å². The number of benzene rings is 1. The van der Waals surface area contributed by atoms with Gasteiger partial charge in [-0.3, -0.25) is 0 Å². The molecule has 5 nitrogen and oxygen atoms in total. The molecule has 112 valence electrons. The summed E-state index contributed by atoms with van der Waals surface area (Å²) in [5.74, 6) is 0. The van der Waals surface area contributed by atoms with E-state index in [4.69, 9.17) is 0 Å². The van der Waals surface area contributed by atoms with E-state index in [1.807, 2.05) is 4.68 Å². The Bertz CT molecular complexity index is 549. The van der Waals surface area contributed by atoms with E-state index in [1.165, 1.54) is 30.6 Å². The highest BCUT2D eigenvalue weighted by molar-refractivity contribution is 5.45. The first-order valence-corrected chi connectivity index (χ1v) is 7.59. The van der Waals surface area contributed by atoms with E-state index in [0.29, 0.717) is 12.1 Å². The Morgan fingerprint density at radius 1 is 1.29 bits per heavy atom. The van der Waals surface area contributed by atoms with Gasteiger partial charge in [0.25, 0.3) is 0 Å². The number of rotatable bonds is 4. The van der Waals surface area contributed by atoms with Gasteiger partial charge >= 0.3 is 0 Å². The maximum atomic E-state index is 4.13. The monoisotopic (exact) mass is 285 g/mol. The predicted molar refractivity (Wildman–Crippen MR) is 84.3 cm³/mol. The highest BCUT2D eigenvalue weighted by atomic mass is 15.3. The molecule has 2 atom stereocenters. The van der Waals surface area contributed by atoms with Crippen LogP contribution in [-0.4, -0.2) is 45.3 Å². The lowest BCUT2D eigenvalue weighted by molar-refractivity contribution is 0.190. The second-order valence-corrected chi connectivity index (χ2v) is 5.99. The minimum Gasteiger partial charge on any atom is -0.382 e. The van der Waals surface area contributed by atoms with E-state index < -0.39 is 0 Å². The van der Waals surface area contributed by atoms with E-state index in [0.717, 1.165) is 6.54 Å². The molecule has 0 bridgehead atoms. The summed E-state index contributed by atoms with van der Waals surface area (Å²) in [4.78, 5) is 6.39. The van der Waals surface area contributed by atoms with Crippen molar-refractivity contribution in [2.45, 2.75) is 38.4 Å². The van der Waals surface area contributed by atoms with Gasteiger partial charge in [0.2, 0.25) is 0 Å². The van der Waals surface area contributed by atoms with Crippen molar-refractivity contribution >= 4 is 5.69 Å². The molecule has 2 heterocycles. The summed E-state index contributed by atoms with van der Waals surface area (Å²) < 4.78 is 1.83. The van der Waals surface area contributed by atoms with Gasteiger partial charge in [0, 0.05) is 24.3 Å². The molecule has 0 radical (unpaired) electrons. The van der Waals surface area contributed by atoms with Gasteiger partial charge in [0.05, 0.1) is 6.54 Å². The Hall–Kier alpha value is -1.88. The summed E-state index contributed by atoms with van der Waals surface area (Å²) in [6, 6.07) is 9.87. The van der Waals surface area contributed by atoms with Gasteiger partial charge in [-0.1, -0.05) is 12.1 Å². The zero-order chi connectivity index (χ0) is 14.7. The van der Waals surface area contributed by atoms with Crippen molar-refractivity contribution in [2.24, 2.45) is 0 Å². The molecule has 2 unspecified atom stereocenters. The number of piperidine rings is 1. The van der Waals surface area contributed by atoms with Crippen molar-refractivity contribution in [3.05, 3.63) is 42.5 Å². The van der Waals surface area contributed by atoms with E-state index in [9.17, 15) is 0 Å². The van der Waals surface area contributed by atoms with Gasteiger partial charge < -0.3 is 10.2 Å². The van der Waals surface area contributed by atoms with Gasteiger partial charge in [-0.2, -0.15) is 5.10 Å². The van der Waals surface area contributed by atoms with Gasteiger partial charge in [-0.15, -0.1) is 0 Å². The third-order valence-electron chi connectivity index (χ3n) is 4.34. The largest absolute Gasteiger partial charge is 0.382 e. The normalized spacial score (nSPS) is 23.1. The highest BCUT2D eigenvalue weighted by Gasteiger charge is 2.22. The van der Waals surface area contributed by atoms with Crippen LogP contribution < -0.4 is 5.32 Å². The third kappa shape index (κ3) is 3.61. The van der Waals surface area contributed by atoms with Crippen molar-refractivity contribution in [1.29, 1.82) is 0 Å². The third-order valence-corrected chi connectivity index (χ3v) is 4.34. The molecule has 3 rings (SSSR count). The van der Waals surface area contributed by atoms with Gasteiger partial charge in [0.15, 0.2) is 0 Å². The number of nitrogens with one attached hydrogen (secondary N) is 1. The Balaban J connectivity index is 1.57. The van der Waals surface area contributed by atoms with Crippen molar-refractivity contribution in [2.75, 3.05) is 18.9 Å². The molecule has 1 saturated heterocycles. The molecule has 0 saturated carbocycles. The van der Waals surface area contributed by atoms with Gasteiger partial charge in [-0.25, -0.2) is 9.67 Å². The van der Waals surface area contributed by atoms with Crippen LogP contribution in [-0.2, 0) is 6.54 Å². The first-order chi connectivity index (χ1) is 10.2. The lowest BCUT2D eigenvalue weighted by atomic mass is 9.98. The molecule has 1 fully saturated rings. The molecular weight excluding hydrogens is 262 g/mol. The van der Waals surface area contributed by atoms with Crippen LogP contribution in [0.4, 0.5) is 5.69 Å². The molecule has 1 aromatic heterocycles. The van der Waals surface area contributed by atoms with Gasteiger partial charge in [-0.05, 0) is 44.5 Å². The number of hydrogen-bond acceptors (Lipinski definition) is 4. The average Bonchev–Trinajstić information content (AvgIpc) is 2.98. The van der Waals surface area contributed by atoms with E-state index in [-0.39, 0.29) is 0 Å². The minimum atomic E-state index is 0.581. The van der Waals surface area contributed by atoms with Crippen LogP contribution in [0.2, 0.25) is 0 Å². The number of nitrogens with zero attached hydrogens (tertiary/aromatic N) is 4. The van der Waals surface area contributed by atoms with Crippen LogP contribution in [0.15, 0.2) is 36.9 Å². The Kier molecular flexibility index (Phi) is 4.20. The van der Waals surface area contributed by atoms with E-state index >= 15 is 0 Å². The van der Waals surface area contributed by atoms with E-state index in [2.05, 4.69) is 58.5 Å². The van der Waals surface area contributed by atoms with Crippen LogP contribution in [0, 0.1) is 0 Å². The van der Waals surface area contributed by atoms with Crippen molar-refractivity contribution in [1.82, 2.24) is 19.7 Å². The zero-order valence-corrected chi connectivity index (χ0v) is 12.7. The fraction of sp³-hybridized carbons (Fsp3) is 0.500. The Morgan fingerprint density at radius 2 is 2.10 bits per heavy atom. The quantitative estimate of drug-likeness (QED) is 0.935. The van der Waals surface area contributed by atoms with Crippen molar-refractivity contribution < 1.29 is 0 Å². The number of hydrogen-bond donors (Lipinski definition) is 1. The van der Waals surface area contributed by atoms with Crippen LogP contribution in [0.5, 0.6) is 0 Å². The summed E-state index contributed by atoms with van der Waals surface area (Å²) in [7, 11) is 2.21. The molecule has 0 amide bonds. The first kappa shape index (κ1) is 14.1. The maximum absolute atomic E-state index is 4.13. The minimum absolute atomic E-state index is 0.581. The molecule has 21 heavy (non-hydrogen) atoms. The predicted octanol–water partition coefficient (Wildman–Crippen LogP) is 2.22. The molecule has 2 aromatic rings. The fourth-order valence-corrected chi connectivity index (χ4v) is 2.86. The molecule has 0 spiro atoms. The summed E-state index contributed by atoms with van der Waals surface area (Å²) in [5, 5.41) is 7.78. The second-order valence-electron chi connectivity index (χ2n) is 5.99. The van der Waals surface area contributed by atoms with Gasteiger partial charge in [0.1, 0.15) is 12.7 Å². The number of likely N-dealkylation sites (tertiary alicyclic amines) is 1. The van der Waals surface area contributed by atoms with Crippen LogP contribution in [0.3, 0.4) is 0 Å². The summed E-state index contributed by atoms with van der Waals surface area (Å²) >= 11 is 0. The second kappa shape index (κ2) is 6.26. The number of anilines is 1. The SMILES string of the molecule is CC1CC(Nc2ccc(Cn3cncn3)cc2)CCN1C. The highest BCUT2D eigenvalue weighted by Crippen LogP contribution is 2.20. The lowest BCUT2D eigenvalue weighted by Gasteiger charge is -2.35. The summed E-state index contributed by atoms with van der Waals surface area (Å²) in [6.07, 6.45) is 5.72. The fourth-order valence-electron chi connectivity index (χ4n) is 2.86. The zero-order valence-electron chi connectivity index (χ0n) is 12.7. The average molecular weight is 285 g/mol. The lowest BCUT2D eigenvalue weighted by Crippen LogP contribution is -2.42. The topological polar surface area (TPSA) is 46.0 Å². The maximum Gasteiger partial charge on any atom is 0.137 e. The first-order valence-electron chi connectivity index (χ1n) is 7.59. The molecule has 1 aliphatic rings. The summed E-state index contributed by atoms with van der Waals surface area (Å²) in [5.41, 5.74) is 2.45. The smallest absolute Gasteiger partial charge is 0.137 e. The number of aromatic nitrogens is 3. The van der Waals surface area contributed by atoms with Crippen molar-refractivity contribution in [3.8, 4) is 0 Å². The molecule has 5 heteroatoms. The summed E-state index contributed by atoms with van der Waals surface area (Å²) in [6.45, 7) is 4.24. The van der Waals surface area contributed by atoms with Crippen LogP contribution in [0.1, 0.15) is 25.3 Å². The molecule has 1 aromatic carbocycles.